The third kappa shape index (κ3) is 6.16. The largest absolute Gasteiger partial charge is 0.382 e. The van der Waals surface area contributed by atoms with E-state index in [0.717, 1.165) is 92.8 Å². The molecule has 0 atom stereocenters. The van der Waals surface area contributed by atoms with Crippen molar-refractivity contribution in [2.45, 2.75) is 64.8 Å². The van der Waals surface area contributed by atoms with Gasteiger partial charge in [0.15, 0.2) is 0 Å². The molecule has 3 N–H and O–H groups in total. The molecule has 2 fully saturated rings. The van der Waals surface area contributed by atoms with Gasteiger partial charge in [0, 0.05) is 50.3 Å². The Morgan fingerprint density at radius 1 is 1.16 bits per heavy atom. The molecule has 2 aromatic heterocycles. The first-order chi connectivity index (χ1) is 18.5. The van der Waals surface area contributed by atoms with Crippen molar-refractivity contribution >= 4 is 11.6 Å². The molecule has 0 spiro atoms. The van der Waals surface area contributed by atoms with E-state index in [-0.39, 0.29) is 5.82 Å². The molecule has 38 heavy (non-hydrogen) atoms. The molecule has 2 aliphatic rings. The van der Waals surface area contributed by atoms with Crippen molar-refractivity contribution < 1.29 is 4.39 Å². The molecule has 1 aromatic carbocycles. The summed E-state index contributed by atoms with van der Waals surface area (Å²) in [5.74, 6) is 9.78. The highest BCUT2D eigenvalue weighted by molar-refractivity contribution is 5.65. The number of benzene rings is 1. The molecule has 7 nitrogen and oxygen atoms in total. The van der Waals surface area contributed by atoms with E-state index in [4.69, 9.17) is 10.7 Å². The molecule has 0 bridgehead atoms. The zero-order valence-electron chi connectivity index (χ0n) is 22.5. The van der Waals surface area contributed by atoms with E-state index in [1.54, 1.807) is 6.92 Å². The second-order valence-corrected chi connectivity index (χ2v) is 10.6. The number of aryl methyl sites for hydroxylation is 1. The number of unbranched alkanes of at least 4 members (excludes halogenated alkanes) is 1. The van der Waals surface area contributed by atoms with Gasteiger partial charge in [-0.05, 0) is 75.3 Å². The van der Waals surface area contributed by atoms with Crippen molar-refractivity contribution in [3.8, 4) is 23.1 Å². The van der Waals surface area contributed by atoms with Crippen LogP contribution in [0.5, 0.6) is 0 Å². The summed E-state index contributed by atoms with van der Waals surface area (Å²) in [6.45, 7) is 8.49. The average Bonchev–Trinajstić information content (AvgIpc) is 3.66. The first-order valence-electron chi connectivity index (χ1n) is 13.9. The molecule has 1 aliphatic heterocycles. The minimum absolute atomic E-state index is 0.186. The second kappa shape index (κ2) is 12.0. The van der Waals surface area contributed by atoms with Crippen LogP contribution in [0.1, 0.15) is 68.3 Å². The van der Waals surface area contributed by atoms with Crippen LogP contribution in [0.3, 0.4) is 0 Å². The van der Waals surface area contributed by atoms with E-state index in [1.165, 1.54) is 25.2 Å². The molecule has 3 aromatic rings. The van der Waals surface area contributed by atoms with Gasteiger partial charge in [0.2, 0.25) is 0 Å². The lowest BCUT2D eigenvalue weighted by Crippen LogP contribution is -2.35. The minimum atomic E-state index is -0.186. The number of halogens is 1. The van der Waals surface area contributed by atoms with E-state index in [0.29, 0.717) is 17.3 Å². The summed E-state index contributed by atoms with van der Waals surface area (Å²) in [5.41, 5.74) is 9.42. The lowest BCUT2D eigenvalue weighted by atomic mass is 9.95. The Labute approximate surface area is 225 Å². The van der Waals surface area contributed by atoms with Crippen LogP contribution in [0.15, 0.2) is 30.7 Å². The molecule has 200 valence electrons. The Hall–Kier alpha value is -3.44. The molecule has 1 saturated heterocycles. The summed E-state index contributed by atoms with van der Waals surface area (Å²) in [6.07, 6.45) is 10.1. The molecule has 1 aliphatic carbocycles. The Balaban J connectivity index is 1.33. The maximum atomic E-state index is 13.9. The monoisotopic (exact) mass is 515 g/mol. The van der Waals surface area contributed by atoms with E-state index >= 15 is 0 Å². The maximum Gasteiger partial charge on any atom is 0.150 e. The molecule has 8 heteroatoms. The van der Waals surface area contributed by atoms with Crippen LogP contribution >= 0.6 is 0 Å². The van der Waals surface area contributed by atoms with Crippen LogP contribution in [0.4, 0.5) is 16.0 Å². The van der Waals surface area contributed by atoms with Gasteiger partial charge in [0.25, 0.3) is 0 Å². The van der Waals surface area contributed by atoms with Gasteiger partial charge < -0.3 is 20.5 Å². The molecule has 0 amide bonds. The molecule has 0 unspecified atom stereocenters. The topological polar surface area (TPSA) is 84.9 Å². The number of nitrogens with zero attached hydrogens (tertiary/aromatic N) is 5. The highest BCUT2D eigenvalue weighted by Gasteiger charge is 2.27. The number of hydrogen-bond donors (Lipinski definition) is 2. The first-order valence-corrected chi connectivity index (χ1v) is 13.9. The molecule has 0 radical (unpaired) electrons. The summed E-state index contributed by atoms with van der Waals surface area (Å²) in [6, 6.07) is 5.25. The predicted octanol–water partition coefficient (Wildman–Crippen LogP) is 4.91. The Kier molecular flexibility index (Phi) is 8.23. The normalized spacial score (nSPS) is 15.9. The fourth-order valence-corrected chi connectivity index (χ4v) is 5.08. The van der Waals surface area contributed by atoms with Gasteiger partial charge in [-0.15, -0.1) is 0 Å². The number of anilines is 2. The van der Waals surface area contributed by atoms with Gasteiger partial charge in [-0.3, -0.25) is 0 Å². The standard InChI is InChI=1S/C30H38FN7/c1-3-4-5-6-25-28(32)34-20-35-30(25)37-14-11-23(12-15-37)29-36-27(24-9-10-26(31)21(2)17-24)19-38(29)16-13-33-18-22-7-8-22/h9-10,17,19-20,22-23,33H,3-4,7-8,11-16,18H2,1-2H3,(H2,32,34,35). The lowest BCUT2D eigenvalue weighted by molar-refractivity contribution is 0.457. The fourth-order valence-electron chi connectivity index (χ4n) is 5.08. The molecule has 5 rings (SSSR count). The Morgan fingerprint density at radius 2 is 1.97 bits per heavy atom. The van der Waals surface area contributed by atoms with Crippen molar-refractivity contribution in [2.75, 3.05) is 36.8 Å². The number of rotatable bonds is 9. The van der Waals surface area contributed by atoms with Crippen LogP contribution in [-0.4, -0.2) is 45.7 Å². The summed E-state index contributed by atoms with van der Waals surface area (Å²) in [5, 5.41) is 3.61. The van der Waals surface area contributed by atoms with E-state index in [1.807, 2.05) is 12.1 Å². The average molecular weight is 516 g/mol. The van der Waals surface area contributed by atoms with E-state index < -0.39 is 0 Å². The number of nitrogens with two attached hydrogens (primary N) is 1. The number of piperidine rings is 1. The van der Waals surface area contributed by atoms with Crippen molar-refractivity contribution in [1.29, 1.82) is 0 Å². The number of nitrogen functional groups attached to an aromatic ring is 1. The Morgan fingerprint density at radius 3 is 2.71 bits per heavy atom. The van der Waals surface area contributed by atoms with Crippen LogP contribution in [0.2, 0.25) is 0 Å². The smallest absolute Gasteiger partial charge is 0.150 e. The molecular formula is C30H38FN7. The van der Waals surface area contributed by atoms with Crippen LogP contribution in [-0.2, 0) is 6.54 Å². The molecule has 1 saturated carbocycles. The van der Waals surface area contributed by atoms with Crippen molar-refractivity contribution in [3.05, 3.63) is 53.5 Å². The second-order valence-electron chi connectivity index (χ2n) is 10.6. The maximum absolute atomic E-state index is 13.9. The fraction of sp³-hybridized carbons (Fsp3) is 0.500. The number of imidazole rings is 1. The molecular weight excluding hydrogens is 477 g/mol. The summed E-state index contributed by atoms with van der Waals surface area (Å²) >= 11 is 0. The quantitative estimate of drug-likeness (QED) is 0.311. The summed E-state index contributed by atoms with van der Waals surface area (Å²) in [7, 11) is 0. The number of aromatic nitrogens is 4. The SMILES string of the molecule is CCCC#Cc1c(N)ncnc1N1CCC(c2nc(-c3ccc(F)c(C)c3)cn2CCNCC2CC2)CC1. The zero-order chi connectivity index (χ0) is 26.5. The van der Waals surface area contributed by atoms with Gasteiger partial charge in [0.05, 0.1) is 5.69 Å². The highest BCUT2D eigenvalue weighted by atomic mass is 19.1. The summed E-state index contributed by atoms with van der Waals surface area (Å²) in [4.78, 5) is 16.1. The van der Waals surface area contributed by atoms with Gasteiger partial charge in [-0.25, -0.2) is 19.3 Å². The third-order valence-corrected chi connectivity index (χ3v) is 7.53. The van der Waals surface area contributed by atoms with Crippen molar-refractivity contribution in [3.63, 3.8) is 0 Å². The van der Waals surface area contributed by atoms with Crippen molar-refractivity contribution in [2.24, 2.45) is 5.92 Å². The Bertz CT molecular complexity index is 1310. The summed E-state index contributed by atoms with van der Waals surface area (Å²) < 4.78 is 16.2. The van der Waals surface area contributed by atoms with E-state index in [9.17, 15) is 4.39 Å². The van der Waals surface area contributed by atoms with E-state index in [2.05, 4.69) is 49.7 Å². The lowest BCUT2D eigenvalue weighted by Gasteiger charge is -2.33. The highest BCUT2D eigenvalue weighted by Crippen LogP contribution is 2.33. The minimum Gasteiger partial charge on any atom is -0.382 e. The third-order valence-electron chi connectivity index (χ3n) is 7.53. The van der Waals surface area contributed by atoms with Crippen molar-refractivity contribution in [1.82, 2.24) is 24.8 Å². The van der Waals surface area contributed by atoms with Gasteiger partial charge in [0.1, 0.15) is 35.2 Å². The zero-order valence-corrected chi connectivity index (χ0v) is 22.5. The first kappa shape index (κ1) is 26.2. The predicted molar refractivity (Wildman–Crippen MR) is 150 cm³/mol. The van der Waals surface area contributed by atoms with Crippen LogP contribution < -0.4 is 16.0 Å². The van der Waals surface area contributed by atoms with Gasteiger partial charge in [-0.2, -0.15) is 0 Å². The number of nitrogens with one attached hydrogen (secondary N) is 1. The van der Waals surface area contributed by atoms with Crippen LogP contribution in [0.25, 0.3) is 11.3 Å². The molecule has 3 heterocycles. The van der Waals surface area contributed by atoms with Gasteiger partial charge in [-0.1, -0.05) is 18.8 Å². The van der Waals surface area contributed by atoms with Crippen LogP contribution in [0, 0.1) is 30.5 Å². The van der Waals surface area contributed by atoms with Gasteiger partial charge >= 0.3 is 0 Å². The number of hydrogen-bond acceptors (Lipinski definition) is 6.